The largest absolute Gasteiger partial charge is 0.348 e. The first-order valence-electron chi connectivity index (χ1n) is 7.03. The molecule has 1 saturated carbocycles. The van der Waals surface area contributed by atoms with Gasteiger partial charge in [-0.25, -0.2) is 0 Å². The van der Waals surface area contributed by atoms with E-state index in [-0.39, 0.29) is 29.8 Å². The monoisotopic (exact) mass is 305 g/mol. The first-order valence-corrected chi connectivity index (χ1v) is 7.03. The highest BCUT2D eigenvalue weighted by molar-refractivity contribution is 5.89. The molecule has 0 heterocycles. The van der Waals surface area contributed by atoms with Gasteiger partial charge in [-0.15, -0.1) is 12.4 Å². The Bertz CT molecular complexity index is 347. The van der Waals surface area contributed by atoms with Crippen molar-refractivity contribution in [1.82, 2.24) is 10.6 Å². The molecule has 0 bridgehead atoms. The second kappa shape index (κ2) is 7.27. The summed E-state index contributed by atoms with van der Waals surface area (Å²) in [6, 6.07) is -0.532. The third-order valence-corrected chi connectivity index (χ3v) is 3.76. The summed E-state index contributed by atoms with van der Waals surface area (Å²) in [6.45, 7) is 7.64. The van der Waals surface area contributed by atoms with E-state index in [0.717, 1.165) is 25.7 Å². The summed E-state index contributed by atoms with van der Waals surface area (Å²) in [5, 5.41) is 5.76. The quantitative estimate of drug-likeness (QED) is 0.733. The van der Waals surface area contributed by atoms with Crippen molar-refractivity contribution < 1.29 is 9.59 Å². The van der Waals surface area contributed by atoms with Crippen LogP contribution in [0.25, 0.3) is 0 Å². The maximum Gasteiger partial charge on any atom is 0.242 e. The van der Waals surface area contributed by atoms with Gasteiger partial charge in [0.05, 0.1) is 5.54 Å². The van der Waals surface area contributed by atoms with Gasteiger partial charge in [0.25, 0.3) is 0 Å². The zero-order valence-electron chi connectivity index (χ0n) is 12.9. The van der Waals surface area contributed by atoms with Gasteiger partial charge >= 0.3 is 0 Å². The van der Waals surface area contributed by atoms with E-state index >= 15 is 0 Å². The average Bonchev–Trinajstić information content (AvgIpc) is 2.76. The summed E-state index contributed by atoms with van der Waals surface area (Å²) in [4.78, 5) is 24.0. The molecule has 20 heavy (non-hydrogen) atoms. The molecule has 0 aliphatic heterocycles. The Labute approximate surface area is 127 Å². The standard InChI is InChI=1S/C14H27N3O2.ClH/c1-10(16-12(19)13(2,3)4)11(18)17-14(9-15)7-5-6-8-14;/h10H,5-9,15H2,1-4H3,(H,16,19)(H,17,18);1H. The van der Waals surface area contributed by atoms with E-state index in [0.29, 0.717) is 6.54 Å². The molecule has 1 unspecified atom stereocenters. The van der Waals surface area contributed by atoms with E-state index in [2.05, 4.69) is 10.6 Å². The first-order chi connectivity index (χ1) is 8.70. The number of halogens is 1. The van der Waals surface area contributed by atoms with Crippen molar-refractivity contribution in [3.8, 4) is 0 Å². The van der Waals surface area contributed by atoms with Crippen molar-refractivity contribution in [3.63, 3.8) is 0 Å². The molecule has 0 saturated heterocycles. The fourth-order valence-electron chi connectivity index (χ4n) is 2.28. The zero-order valence-corrected chi connectivity index (χ0v) is 13.7. The number of carbonyl (C=O) groups is 2. The van der Waals surface area contributed by atoms with Crippen LogP contribution in [0.2, 0.25) is 0 Å². The molecule has 0 aromatic heterocycles. The minimum absolute atomic E-state index is 0. The average molecular weight is 306 g/mol. The highest BCUT2D eigenvalue weighted by atomic mass is 35.5. The second-order valence-electron chi connectivity index (χ2n) is 6.63. The third kappa shape index (κ3) is 4.94. The normalized spacial score (nSPS) is 18.9. The molecule has 0 aromatic rings. The molecule has 1 aliphatic rings. The van der Waals surface area contributed by atoms with Gasteiger partial charge < -0.3 is 16.4 Å². The van der Waals surface area contributed by atoms with Crippen LogP contribution in [0.15, 0.2) is 0 Å². The summed E-state index contributed by atoms with van der Waals surface area (Å²) < 4.78 is 0. The van der Waals surface area contributed by atoms with Gasteiger partial charge in [-0.3, -0.25) is 9.59 Å². The fourth-order valence-corrected chi connectivity index (χ4v) is 2.28. The number of hydrogen-bond acceptors (Lipinski definition) is 3. The number of carbonyl (C=O) groups excluding carboxylic acids is 2. The van der Waals surface area contributed by atoms with Gasteiger partial charge in [0.1, 0.15) is 6.04 Å². The van der Waals surface area contributed by atoms with E-state index in [1.165, 1.54) is 0 Å². The molecule has 2 amide bonds. The van der Waals surface area contributed by atoms with Crippen LogP contribution in [0.1, 0.15) is 53.4 Å². The summed E-state index contributed by atoms with van der Waals surface area (Å²) in [5.74, 6) is -0.270. The predicted molar refractivity (Wildman–Crippen MR) is 82.7 cm³/mol. The molecule has 0 radical (unpaired) electrons. The summed E-state index contributed by atoms with van der Waals surface area (Å²) in [6.07, 6.45) is 4.05. The second-order valence-corrected chi connectivity index (χ2v) is 6.63. The third-order valence-electron chi connectivity index (χ3n) is 3.76. The molecule has 0 aromatic carbocycles. The molecule has 4 N–H and O–H groups in total. The first kappa shape index (κ1) is 19.2. The van der Waals surface area contributed by atoms with Gasteiger partial charge in [0, 0.05) is 12.0 Å². The Hall–Kier alpha value is -0.810. The van der Waals surface area contributed by atoms with E-state index in [1.54, 1.807) is 6.92 Å². The van der Waals surface area contributed by atoms with Gasteiger partial charge in [0.2, 0.25) is 11.8 Å². The molecule has 1 fully saturated rings. The lowest BCUT2D eigenvalue weighted by Crippen LogP contribution is -2.57. The van der Waals surface area contributed by atoms with Crippen LogP contribution >= 0.6 is 12.4 Å². The van der Waals surface area contributed by atoms with Crippen molar-refractivity contribution in [2.75, 3.05) is 6.54 Å². The van der Waals surface area contributed by atoms with Crippen molar-refractivity contribution in [1.29, 1.82) is 0 Å². The Morgan fingerprint density at radius 1 is 1.25 bits per heavy atom. The topological polar surface area (TPSA) is 84.2 Å². The molecular weight excluding hydrogens is 278 g/mol. The van der Waals surface area contributed by atoms with Crippen LogP contribution in [0.5, 0.6) is 0 Å². The molecular formula is C14H28ClN3O2. The van der Waals surface area contributed by atoms with E-state index in [4.69, 9.17) is 5.73 Å². The van der Waals surface area contributed by atoms with Crippen LogP contribution < -0.4 is 16.4 Å². The van der Waals surface area contributed by atoms with Crippen molar-refractivity contribution in [2.24, 2.45) is 11.1 Å². The molecule has 6 heteroatoms. The van der Waals surface area contributed by atoms with Crippen LogP contribution in [0.4, 0.5) is 0 Å². The summed E-state index contributed by atoms with van der Waals surface area (Å²) >= 11 is 0. The van der Waals surface area contributed by atoms with E-state index < -0.39 is 11.5 Å². The minimum atomic E-state index is -0.532. The Morgan fingerprint density at radius 2 is 1.75 bits per heavy atom. The number of hydrogen-bond donors (Lipinski definition) is 3. The lowest BCUT2D eigenvalue weighted by molar-refractivity contribution is -0.133. The summed E-state index contributed by atoms with van der Waals surface area (Å²) in [5.41, 5.74) is 5.03. The van der Waals surface area contributed by atoms with Crippen molar-refractivity contribution in [2.45, 2.75) is 65.0 Å². The highest BCUT2D eigenvalue weighted by Gasteiger charge is 2.35. The molecule has 1 rings (SSSR count). The predicted octanol–water partition coefficient (Wildman–Crippen LogP) is 1.35. The number of rotatable bonds is 4. The molecule has 1 atom stereocenters. The maximum atomic E-state index is 12.1. The van der Waals surface area contributed by atoms with E-state index in [9.17, 15) is 9.59 Å². The number of amides is 2. The van der Waals surface area contributed by atoms with Gasteiger partial charge in [0.15, 0.2) is 0 Å². The number of nitrogens with one attached hydrogen (secondary N) is 2. The van der Waals surface area contributed by atoms with Crippen LogP contribution in [0.3, 0.4) is 0 Å². The molecule has 0 spiro atoms. The minimum Gasteiger partial charge on any atom is -0.348 e. The van der Waals surface area contributed by atoms with Crippen LogP contribution in [-0.2, 0) is 9.59 Å². The highest BCUT2D eigenvalue weighted by Crippen LogP contribution is 2.28. The van der Waals surface area contributed by atoms with Gasteiger partial charge in [-0.05, 0) is 19.8 Å². The number of nitrogens with two attached hydrogens (primary N) is 1. The SMILES string of the molecule is CC(NC(=O)C(C)(C)C)C(=O)NC1(CN)CCCC1.Cl. The zero-order chi connectivity index (χ0) is 14.7. The maximum absolute atomic E-state index is 12.1. The van der Waals surface area contributed by atoms with Gasteiger partial charge in [-0.2, -0.15) is 0 Å². The lowest BCUT2D eigenvalue weighted by atomic mass is 9.95. The molecule has 118 valence electrons. The van der Waals surface area contributed by atoms with Crippen LogP contribution in [-0.4, -0.2) is 29.9 Å². The van der Waals surface area contributed by atoms with Crippen molar-refractivity contribution >= 4 is 24.2 Å². The summed E-state index contributed by atoms with van der Waals surface area (Å²) in [7, 11) is 0. The molecule has 1 aliphatic carbocycles. The van der Waals surface area contributed by atoms with Crippen molar-refractivity contribution in [3.05, 3.63) is 0 Å². The van der Waals surface area contributed by atoms with E-state index in [1.807, 2.05) is 20.8 Å². The smallest absolute Gasteiger partial charge is 0.242 e. The molecule has 5 nitrogen and oxygen atoms in total. The Kier molecular flexibility index (Phi) is 6.98. The Morgan fingerprint density at radius 3 is 2.15 bits per heavy atom. The fraction of sp³-hybridized carbons (Fsp3) is 0.857. The van der Waals surface area contributed by atoms with Gasteiger partial charge in [-0.1, -0.05) is 33.6 Å². The van der Waals surface area contributed by atoms with Crippen LogP contribution in [0, 0.1) is 5.41 Å². The Balaban J connectivity index is 0.00000361. The lowest BCUT2D eigenvalue weighted by Gasteiger charge is -2.31.